The molecule has 1 saturated heterocycles. The highest BCUT2D eigenvalue weighted by Crippen LogP contribution is 2.29. The van der Waals surface area contributed by atoms with Gasteiger partial charge in [-0.1, -0.05) is 12.1 Å². The van der Waals surface area contributed by atoms with E-state index in [0.29, 0.717) is 36.4 Å². The molecule has 1 atom stereocenters. The molecule has 2 aromatic carbocycles. The van der Waals surface area contributed by atoms with Crippen LogP contribution >= 0.6 is 0 Å². The Morgan fingerprint density at radius 2 is 2.03 bits per heavy atom. The van der Waals surface area contributed by atoms with Gasteiger partial charge in [-0.2, -0.15) is 0 Å². The third-order valence-electron chi connectivity index (χ3n) is 5.90. The van der Waals surface area contributed by atoms with Crippen LogP contribution in [-0.2, 0) is 33.9 Å². The summed E-state index contributed by atoms with van der Waals surface area (Å²) in [5.41, 5.74) is 3.62. The molecule has 2 N–H and O–H groups in total. The second-order valence-electron chi connectivity index (χ2n) is 8.01. The van der Waals surface area contributed by atoms with Crippen LogP contribution in [0.2, 0.25) is 0 Å². The third kappa shape index (κ3) is 3.77. The van der Waals surface area contributed by atoms with E-state index in [9.17, 15) is 19.2 Å². The van der Waals surface area contributed by atoms with Crippen LogP contribution in [0.15, 0.2) is 36.4 Å². The van der Waals surface area contributed by atoms with Crippen molar-refractivity contribution in [1.82, 2.24) is 10.2 Å². The predicted molar refractivity (Wildman–Crippen MR) is 116 cm³/mol. The molecule has 0 saturated carbocycles. The molecule has 9 nitrogen and oxygen atoms in total. The molecule has 1 fully saturated rings. The summed E-state index contributed by atoms with van der Waals surface area (Å²) >= 11 is 0. The minimum Gasteiger partial charge on any atom is -0.493 e. The Balaban J connectivity index is 0.00000162. The Bertz CT molecular complexity index is 1160. The number of amides is 4. The van der Waals surface area contributed by atoms with Crippen molar-refractivity contribution in [2.24, 2.45) is 0 Å². The van der Waals surface area contributed by atoms with E-state index in [1.54, 1.807) is 24.3 Å². The third-order valence-corrected chi connectivity index (χ3v) is 5.90. The number of nitrogens with one attached hydrogen (secondary N) is 2. The van der Waals surface area contributed by atoms with E-state index >= 15 is 0 Å². The van der Waals surface area contributed by atoms with Crippen molar-refractivity contribution in [3.63, 3.8) is 0 Å². The standard InChI is InChI=1S/C23H21N3O6.2H2/c27-20-6-4-18(21(28)25-20)26-11-15-2-1-13(9-17(15)22(26)29)12-32-23(30)24-16-3-5-19-14(10-16)7-8-31-19;;/h1-3,5,9-10,18H,4,6-8,11-12H2,(H,24,30)(H,25,27,28);2*1H. The van der Waals surface area contributed by atoms with Gasteiger partial charge in [0.1, 0.15) is 18.4 Å². The van der Waals surface area contributed by atoms with Gasteiger partial charge >= 0.3 is 6.09 Å². The van der Waals surface area contributed by atoms with Crippen LogP contribution in [-0.4, -0.2) is 41.4 Å². The minimum atomic E-state index is -0.657. The molecule has 0 aromatic heterocycles. The lowest BCUT2D eigenvalue weighted by Gasteiger charge is -2.29. The fraction of sp³-hybridized carbons (Fsp3) is 0.304. The Hall–Kier alpha value is -3.88. The Kier molecular flexibility index (Phi) is 5.01. The molecule has 168 valence electrons. The molecule has 0 bridgehead atoms. The normalized spacial score (nSPS) is 19.2. The largest absolute Gasteiger partial charge is 0.493 e. The number of piperidine rings is 1. The van der Waals surface area contributed by atoms with Gasteiger partial charge in [0.15, 0.2) is 0 Å². The van der Waals surface area contributed by atoms with Crippen molar-refractivity contribution in [3.05, 3.63) is 58.7 Å². The van der Waals surface area contributed by atoms with E-state index in [4.69, 9.17) is 9.47 Å². The summed E-state index contributed by atoms with van der Waals surface area (Å²) in [5.74, 6) is -0.193. The summed E-state index contributed by atoms with van der Waals surface area (Å²) in [7, 11) is 0. The predicted octanol–water partition coefficient (Wildman–Crippen LogP) is 2.62. The number of nitrogens with zero attached hydrogens (tertiary/aromatic N) is 1. The first-order chi connectivity index (χ1) is 15.5. The SMILES string of the molecule is O=C1CCC(N2Cc3ccc(COC(=O)Nc4ccc5c(c4)CCO5)cc3C2=O)C(=O)N1.[HH].[HH]. The molecule has 4 amide bonds. The number of hydrogen-bond donors (Lipinski definition) is 2. The van der Waals surface area contributed by atoms with Crippen molar-refractivity contribution < 1.29 is 31.5 Å². The summed E-state index contributed by atoms with van der Waals surface area (Å²) in [6.45, 7) is 0.949. The van der Waals surface area contributed by atoms with E-state index < -0.39 is 18.0 Å². The average molecular weight is 439 g/mol. The van der Waals surface area contributed by atoms with E-state index in [2.05, 4.69) is 10.6 Å². The summed E-state index contributed by atoms with van der Waals surface area (Å²) in [4.78, 5) is 50.1. The number of carbonyl (C=O) groups is 4. The summed E-state index contributed by atoms with van der Waals surface area (Å²) in [5, 5.41) is 4.99. The molecule has 5 rings (SSSR count). The average Bonchev–Trinajstić information content (AvgIpc) is 3.36. The van der Waals surface area contributed by atoms with Gasteiger partial charge in [0, 0.05) is 33.5 Å². The first-order valence-corrected chi connectivity index (χ1v) is 10.4. The van der Waals surface area contributed by atoms with Crippen LogP contribution in [0.1, 0.15) is 42.7 Å². The quantitative estimate of drug-likeness (QED) is 0.708. The van der Waals surface area contributed by atoms with E-state index in [1.165, 1.54) is 4.90 Å². The summed E-state index contributed by atoms with van der Waals surface area (Å²) < 4.78 is 10.8. The van der Waals surface area contributed by atoms with Crippen LogP contribution in [0.4, 0.5) is 10.5 Å². The Labute approximate surface area is 186 Å². The highest BCUT2D eigenvalue weighted by molar-refractivity contribution is 6.05. The number of anilines is 1. The Morgan fingerprint density at radius 1 is 1.16 bits per heavy atom. The lowest BCUT2D eigenvalue weighted by atomic mass is 10.0. The lowest BCUT2D eigenvalue weighted by Crippen LogP contribution is -2.52. The van der Waals surface area contributed by atoms with Crippen molar-refractivity contribution in [2.75, 3.05) is 11.9 Å². The molecule has 3 aliphatic heterocycles. The van der Waals surface area contributed by atoms with Gasteiger partial charge in [-0.25, -0.2) is 4.79 Å². The highest BCUT2D eigenvalue weighted by atomic mass is 16.5. The molecular weight excluding hydrogens is 414 g/mol. The highest BCUT2D eigenvalue weighted by Gasteiger charge is 2.39. The number of ether oxygens (including phenoxy) is 2. The second kappa shape index (κ2) is 7.99. The first kappa shape index (κ1) is 20.0. The molecule has 2 aromatic rings. The van der Waals surface area contributed by atoms with Gasteiger partial charge in [0.05, 0.1) is 6.61 Å². The van der Waals surface area contributed by atoms with Gasteiger partial charge in [-0.15, -0.1) is 0 Å². The molecule has 1 unspecified atom stereocenters. The van der Waals surface area contributed by atoms with Crippen LogP contribution < -0.4 is 15.4 Å². The maximum Gasteiger partial charge on any atom is 0.411 e. The molecule has 0 aliphatic carbocycles. The van der Waals surface area contributed by atoms with Gasteiger partial charge in [0.2, 0.25) is 11.8 Å². The first-order valence-electron chi connectivity index (χ1n) is 10.4. The van der Waals surface area contributed by atoms with Crippen LogP contribution in [0, 0.1) is 0 Å². The molecule has 0 radical (unpaired) electrons. The number of fused-ring (bicyclic) bond motifs is 2. The molecule has 32 heavy (non-hydrogen) atoms. The van der Waals surface area contributed by atoms with Crippen molar-refractivity contribution >= 4 is 29.5 Å². The zero-order valence-corrected chi connectivity index (χ0v) is 17.2. The summed E-state index contributed by atoms with van der Waals surface area (Å²) in [6.07, 6.45) is 0.733. The number of hydrogen-bond acceptors (Lipinski definition) is 6. The van der Waals surface area contributed by atoms with Gasteiger partial charge < -0.3 is 14.4 Å². The minimum absolute atomic E-state index is 0. The molecule has 3 heterocycles. The molecule has 9 heteroatoms. The van der Waals surface area contributed by atoms with Crippen LogP contribution in [0.5, 0.6) is 5.75 Å². The number of carbonyl (C=O) groups excluding carboxylic acids is 4. The van der Waals surface area contributed by atoms with Gasteiger partial charge in [0.25, 0.3) is 5.91 Å². The second-order valence-corrected chi connectivity index (χ2v) is 8.01. The Morgan fingerprint density at radius 3 is 2.88 bits per heavy atom. The van der Waals surface area contributed by atoms with E-state index in [1.807, 2.05) is 12.1 Å². The van der Waals surface area contributed by atoms with Gasteiger partial charge in [-0.3, -0.25) is 25.0 Å². The van der Waals surface area contributed by atoms with Crippen LogP contribution in [0.25, 0.3) is 0 Å². The number of benzene rings is 2. The zero-order chi connectivity index (χ0) is 22.2. The van der Waals surface area contributed by atoms with E-state index in [-0.39, 0.29) is 27.7 Å². The van der Waals surface area contributed by atoms with E-state index in [0.717, 1.165) is 23.3 Å². The van der Waals surface area contributed by atoms with Crippen molar-refractivity contribution in [2.45, 2.75) is 38.5 Å². The lowest BCUT2D eigenvalue weighted by molar-refractivity contribution is -0.136. The number of rotatable bonds is 4. The summed E-state index contributed by atoms with van der Waals surface area (Å²) in [6, 6.07) is 10.1. The van der Waals surface area contributed by atoms with Crippen molar-refractivity contribution in [3.8, 4) is 5.75 Å². The monoisotopic (exact) mass is 439 g/mol. The zero-order valence-electron chi connectivity index (χ0n) is 17.2. The molecule has 3 aliphatic rings. The maximum atomic E-state index is 12.9. The molecule has 0 spiro atoms. The molecular formula is C23H25N3O6. The van der Waals surface area contributed by atoms with Crippen LogP contribution in [0.3, 0.4) is 0 Å². The fourth-order valence-corrected chi connectivity index (χ4v) is 4.26. The smallest absolute Gasteiger partial charge is 0.411 e. The maximum absolute atomic E-state index is 12.9. The topological polar surface area (TPSA) is 114 Å². The number of imide groups is 1. The fourth-order valence-electron chi connectivity index (χ4n) is 4.26. The van der Waals surface area contributed by atoms with Crippen molar-refractivity contribution in [1.29, 1.82) is 0 Å². The van der Waals surface area contributed by atoms with Gasteiger partial charge in [-0.05, 0) is 47.4 Å².